The molecule has 196 valence electrons. The SMILES string of the molecule is CCCCCCCCCCCCC/C=C/C(O)[13CH](N=C1CC2CC(C1O)C2(C)C)[13C](=O)OCC. The average molecular weight is 480 g/mol. The fourth-order valence-electron chi connectivity index (χ4n) is 5.62. The predicted octanol–water partition coefficient (Wildman–Crippen LogP) is 6.40. The number of carbonyl (C=O) groups excluding carboxylic acids is 1. The number of allylic oxidation sites excluding steroid dienone is 1. The fourth-order valence-corrected chi connectivity index (χ4v) is 5.62. The normalized spacial score (nSPS) is 26.4. The summed E-state index contributed by atoms with van der Waals surface area (Å²) in [6.07, 6.45) is 19.0. The van der Waals surface area contributed by atoms with Gasteiger partial charge in [-0.25, -0.2) is 4.79 Å². The molecule has 5 unspecified atom stereocenters. The van der Waals surface area contributed by atoms with E-state index >= 15 is 0 Å². The van der Waals surface area contributed by atoms with Crippen molar-refractivity contribution < 1.29 is 19.7 Å². The first kappa shape index (κ1) is 29.0. The lowest BCUT2D eigenvalue weighted by atomic mass is 9.47. The van der Waals surface area contributed by atoms with Crippen molar-refractivity contribution in [1.82, 2.24) is 0 Å². The fraction of sp³-hybridized carbons (Fsp3) is 0.862. The van der Waals surface area contributed by atoms with Gasteiger partial charge in [-0.05, 0) is 49.9 Å². The van der Waals surface area contributed by atoms with Gasteiger partial charge in [0.15, 0.2) is 6.04 Å². The molecule has 3 rings (SSSR count). The number of aliphatic imine (C=N–C) groups is 1. The standard InChI is InChI=1S/C29H51NO4/c1-5-7-8-9-10-11-12-13-14-15-16-17-18-19-25(31)26(28(33)34-6-2)30-24-21-22-20-23(27(24)32)29(22,3)4/h18-19,22-23,25-27,31-32H,5-17,20-21H2,1-4H3/b19-18+,30-24?/i26+1,28+1. The summed E-state index contributed by atoms with van der Waals surface area (Å²) in [6, 6.07) is -1.00. The van der Waals surface area contributed by atoms with Gasteiger partial charge in [-0.1, -0.05) is 97.1 Å². The topological polar surface area (TPSA) is 79.1 Å². The maximum absolute atomic E-state index is 12.5. The van der Waals surface area contributed by atoms with Crippen LogP contribution >= 0.6 is 0 Å². The molecule has 3 aliphatic rings. The van der Waals surface area contributed by atoms with Gasteiger partial charge in [0.25, 0.3) is 0 Å². The third-order valence-electron chi connectivity index (χ3n) is 8.19. The summed E-state index contributed by atoms with van der Waals surface area (Å²) < 4.78 is 5.18. The number of carbonyl (C=O) groups is 1. The van der Waals surface area contributed by atoms with Crippen LogP contribution in [0.3, 0.4) is 0 Å². The van der Waals surface area contributed by atoms with Gasteiger partial charge in [-0.3, -0.25) is 4.99 Å². The first-order valence-electron chi connectivity index (χ1n) is 14.1. The van der Waals surface area contributed by atoms with Crippen molar-refractivity contribution in [2.24, 2.45) is 22.2 Å². The molecule has 3 fully saturated rings. The molecule has 0 aromatic carbocycles. The lowest BCUT2D eigenvalue weighted by Gasteiger charge is -2.58. The van der Waals surface area contributed by atoms with Gasteiger partial charge >= 0.3 is 5.97 Å². The molecule has 5 heteroatoms. The Hall–Kier alpha value is -1.20. The molecule has 0 aromatic heterocycles. The van der Waals surface area contributed by atoms with E-state index in [4.69, 9.17) is 4.74 Å². The number of unbranched alkanes of at least 4 members (excludes halogenated alkanes) is 11. The summed E-state index contributed by atoms with van der Waals surface area (Å²) in [5, 5.41) is 21.5. The Morgan fingerprint density at radius 1 is 1.06 bits per heavy atom. The Morgan fingerprint density at radius 3 is 2.18 bits per heavy atom. The zero-order valence-corrected chi connectivity index (χ0v) is 22.3. The van der Waals surface area contributed by atoms with Crippen LogP contribution < -0.4 is 0 Å². The summed E-state index contributed by atoms with van der Waals surface area (Å²) in [7, 11) is 0. The number of aliphatic hydroxyl groups excluding tert-OH is 2. The summed E-state index contributed by atoms with van der Waals surface area (Å²) in [6.45, 7) is 8.65. The minimum absolute atomic E-state index is 0.116. The zero-order chi connectivity index (χ0) is 25.0. The molecule has 3 aliphatic carbocycles. The number of esters is 1. The van der Waals surface area contributed by atoms with Crippen LogP contribution in [0.25, 0.3) is 0 Å². The number of rotatable bonds is 17. The molecule has 0 amide bonds. The molecule has 34 heavy (non-hydrogen) atoms. The number of aliphatic hydroxyl groups is 2. The molecule has 3 saturated carbocycles. The molecule has 0 aromatic rings. The maximum Gasteiger partial charge on any atom is 0.333 e. The summed E-state index contributed by atoms with van der Waals surface area (Å²) in [5.74, 6) is 0.144. The number of fused-ring (bicyclic) bond motifs is 2. The number of nitrogens with zero attached hydrogens (tertiary/aromatic N) is 1. The van der Waals surface area contributed by atoms with E-state index in [1.165, 1.54) is 64.2 Å². The summed E-state index contributed by atoms with van der Waals surface area (Å²) in [5.41, 5.74) is 0.766. The van der Waals surface area contributed by atoms with E-state index in [0.717, 1.165) is 19.3 Å². The highest BCUT2D eigenvalue weighted by Gasteiger charge is 2.56. The van der Waals surface area contributed by atoms with Crippen LogP contribution in [-0.2, 0) is 9.53 Å². The van der Waals surface area contributed by atoms with Gasteiger partial charge in [-0.2, -0.15) is 0 Å². The molecule has 0 aliphatic heterocycles. The van der Waals surface area contributed by atoms with Crippen LogP contribution in [0.15, 0.2) is 17.1 Å². The monoisotopic (exact) mass is 479 g/mol. The highest BCUT2D eigenvalue weighted by atomic mass is 16.6. The molecule has 0 radical (unpaired) electrons. The van der Waals surface area contributed by atoms with E-state index in [-0.39, 0.29) is 17.9 Å². The third-order valence-corrected chi connectivity index (χ3v) is 8.19. The quantitative estimate of drug-likeness (QED) is 0.109. The highest BCUT2D eigenvalue weighted by molar-refractivity contribution is 5.93. The van der Waals surface area contributed by atoms with Crippen LogP contribution in [0.1, 0.15) is 118 Å². The molecule has 2 bridgehead atoms. The number of hydrogen-bond acceptors (Lipinski definition) is 5. The molecule has 0 spiro atoms. The molecule has 5 nitrogen and oxygen atoms in total. The Labute approximate surface area is 208 Å². The van der Waals surface area contributed by atoms with Crippen molar-refractivity contribution >= 4 is 11.7 Å². The van der Waals surface area contributed by atoms with Crippen molar-refractivity contribution in [2.75, 3.05) is 6.61 Å². The first-order chi connectivity index (χ1) is 16.3. The van der Waals surface area contributed by atoms with E-state index in [2.05, 4.69) is 25.8 Å². The van der Waals surface area contributed by atoms with E-state index < -0.39 is 24.2 Å². The average Bonchev–Trinajstić information content (AvgIpc) is 2.80. The van der Waals surface area contributed by atoms with Gasteiger partial charge < -0.3 is 14.9 Å². The molecule has 0 saturated heterocycles. The Bertz CT molecular complexity index is 657. The molecular formula is C29H51NO4. The molecule has 0 heterocycles. The van der Waals surface area contributed by atoms with E-state index in [9.17, 15) is 15.0 Å². The number of hydrogen-bond donors (Lipinski definition) is 2. The molecular weight excluding hydrogens is 428 g/mol. The lowest BCUT2D eigenvalue weighted by Crippen LogP contribution is -2.59. The largest absolute Gasteiger partial charge is 0.464 e. The molecule has 5 atom stereocenters. The van der Waals surface area contributed by atoms with Crippen LogP contribution in [0.4, 0.5) is 0 Å². The van der Waals surface area contributed by atoms with Gasteiger partial charge in [-0.15, -0.1) is 0 Å². The number of ether oxygens (including phenoxy) is 1. The van der Waals surface area contributed by atoms with Crippen molar-refractivity contribution in [3.63, 3.8) is 0 Å². The second kappa shape index (κ2) is 15.0. The van der Waals surface area contributed by atoms with Crippen molar-refractivity contribution in [1.29, 1.82) is 0 Å². The van der Waals surface area contributed by atoms with Crippen LogP contribution in [0.2, 0.25) is 0 Å². The van der Waals surface area contributed by atoms with Crippen molar-refractivity contribution in [2.45, 2.75) is 136 Å². The maximum atomic E-state index is 12.5. The second-order valence-electron chi connectivity index (χ2n) is 11.1. The Kier molecular flexibility index (Phi) is 12.8. The van der Waals surface area contributed by atoms with Gasteiger partial charge in [0.05, 0.1) is 12.7 Å². The smallest absolute Gasteiger partial charge is 0.333 e. The van der Waals surface area contributed by atoms with Crippen LogP contribution in [-0.4, -0.2) is 46.8 Å². The Morgan fingerprint density at radius 2 is 1.65 bits per heavy atom. The summed E-state index contributed by atoms with van der Waals surface area (Å²) >= 11 is 0. The van der Waals surface area contributed by atoms with E-state index in [1.54, 1.807) is 13.0 Å². The molecule has 2 N–H and O–H groups in total. The first-order valence-corrected chi connectivity index (χ1v) is 14.1. The summed E-state index contributed by atoms with van der Waals surface area (Å²) in [4.78, 5) is 17.1. The Balaban J connectivity index is 1.72. The van der Waals surface area contributed by atoms with E-state index in [0.29, 0.717) is 18.1 Å². The van der Waals surface area contributed by atoms with Crippen molar-refractivity contribution in [3.05, 3.63) is 12.2 Å². The van der Waals surface area contributed by atoms with Gasteiger partial charge in [0, 0.05) is 5.71 Å². The lowest BCUT2D eigenvalue weighted by molar-refractivity contribution is -0.146. The highest BCUT2D eigenvalue weighted by Crippen LogP contribution is 2.58. The third kappa shape index (κ3) is 8.48. The van der Waals surface area contributed by atoms with Crippen molar-refractivity contribution in [3.8, 4) is 0 Å². The minimum Gasteiger partial charge on any atom is -0.464 e. The predicted molar refractivity (Wildman–Crippen MR) is 140 cm³/mol. The van der Waals surface area contributed by atoms with Gasteiger partial charge in [0.2, 0.25) is 0 Å². The zero-order valence-electron chi connectivity index (χ0n) is 22.3. The van der Waals surface area contributed by atoms with E-state index in [1.807, 2.05) is 6.08 Å². The second-order valence-corrected chi connectivity index (χ2v) is 11.1. The van der Waals surface area contributed by atoms with Crippen LogP contribution in [0, 0.1) is 17.3 Å². The minimum atomic E-state index is -1.03. The van der Waals surface area contributed by atoms with Crippen LogP contribution in [0.5, 0.6) is 0 Å². The van der Waals surface area contributed by atoms with Gasteiger partial charge in [0.1, 0.15) is 6.10 Å².